The van der Waals surface area contributed by atoms with E-state index >= 15 is 0 Å². The highest BCUT2D eigenvalue weighted by Crippen LogP contribution is 2.31. The first-order valence-electron chi connectivity index (χ1n) is 11.8. The summed E-state index contributed by atoms with van der Waals surface area (Å²) in [4.78, 5) is 34.2. The van der Waals surface area contributed by atoms with E-state index < -0.39 is 11.6 Å². The number of esters is 2. The van der Waals surface area contributed by atoms with Crippen molar-refractivity contribution in [3.8, 4) is 0 Å². The molecule has 0 aliphatic heterocycles. The van der Waals surface area contributed by atoms with E-state index in [4.69, 9.17) is 9.47 Å². The normalized spacial score (nSPS) is 18.2. The first-order chi connectivity index (χ1) is 16.1. The van der Waals surface area contributed by atoms with Crippen LogP contribution in [0.2, 0.25) is 0 Å². The van der Waals surface area contributed by atoms with Crippen LogP contribution in [0.1, 0.15) is 74.5 Å². The Morgan fingerprint density at radius 2 is 1.85 bits per heavy atom. The zero-order chi connectivity index (χ0) is 24.9. The van der Waals surface area contributed by atoms with Crippen molar-refractivity contribution in [3.63, 3.8) is 0 Å². The molecule has 2 aromatic rings. The van der Waals surface area contributed by atoms with E-state index in [1.165, 1.54) is 7.11 Å². The number of carbonyl (C=O) groups excluding carboxylic acids is 2. The number of carbonyl (C=O) groups is 2. The number of aromatic nitrogens is 2. The second-order valence-electron chi connectivity index (χ2n) is 9.93. The van der Waals surface area contributed by atoms with Crippen LogP contribution < -0.4 is 10.6 Å². The number of benzene rings is 1. The van der Waals surface area contributed by atoms with Gasteiger partial charge in [-0.15, -0.1) is 0 Å². The van der Waals surface area contributed by atoms with Crippen LogP contribution in [0.25, 0.3) is 0 Å². The van der Waals surface area contributed by atoms with Crippen molar-refractivity contribution in [2.45, 2.75) is 78.4 Å². The summed E-state index contributed by atoms with van der Waals surface area (Å²) in [5, 5.41) is 6.69. The predicted octanol–water partition coefficient (Wildman–Crippen LogP) is 5.33. The van der Waals surface area contributed by atoms with Crippen LogP contribution in [0, 0.1) is 19.8 Å². The molecule has 0 unspecified atom stereocenters. The second-order valence-corrected chi connectivity index (χ2v) is 9.93. The summed E-state index contributed by atoms with van der Waals surface area (Å²) in [7, 11) is 1.34. The molecule has 1 heterocycles. The van der Waals surface area contributed by atoms with E-state index in [1.54, 1.807) is 6.92 Å². The molecule has 0 radical (unpaired) electrons. The van der Waals surface area contributed by atoms with Crippen LogP contribution in [-0.4, -0.2) is 40.7 Å². The smallest absolute Gasteiger partial charge is 0.343 e. The summed E-state index contributed by atoms with van der Waals surface area (Å²) in [6, 6.07) is 7.86. The maximum atomic E-state index is 12.5. The van der Waals surface area contributed by atoms with Gasteiger partial charge >= 0.3 is 11.9 Å². The summed E-state index contributed by atoms with van der Waals surface area (Å²) in [5.74, 6) is 0.236. The molecule has 3 rings (SSSR count). The molecule has 8 nitrogen and oxygen atoms in total. The van der Waals surface area contributed by atoms with Gasteiger partial charge < -0.3 is 20.1 Å². The fourth-order valence-corrected chi connectivity index (χ4v) is 4.34. The predicted molar refractivity (Wildman–Crippen MR) is 132 cm³/mol. The molecule has 184 valence electrons. The number of anilines is 3. The molecular weight excluding hydrogens is 432 g/mol. The van der Waals surface area contributed by atoms with Gasteiger partial charge in [-0.05, 0) is 71.1 Å². The lowest BCUT2D eigenvalue weighted by Crippen LogP contribution is -2.36. The minimum absolute atomic E-state index is 0.0384. The van der Waals surface area contributed by atoms with Gasteiger partial charge in [0.15, 0.2) is 5.82 Å². The minimum Gasteiger partial charge on any atom is -0.465 e. The molecule has 1 fully saturated rings. The van der Waals surface area contributed by atoms with Gasteiger partial charge in [0, 0.05) is 11.7 Å². The van der Waals surface area contributed by atoms with Gasteiger partial charge in [-0.1, -0.05) is 25.0 Å². The van der Waals surface area contributed by atoms with Crippen molar-refractivity contribution in [3.05, 3.63) is 41.1 Å². The average molecular weight is 469 g/mol. The van der Waals surface area contributed by atoms with E-state index in [0.29, 0.717) is 29.4 Å². The lowest BCUT2D eigenvalue weighted by Gasteiger charge is -2.32. The quantitative estimate of drug-likeness (QED) is 0.526. The number of nitrogens with zero attached hydrogens (tertiary/aromatic N) is 2. The van der Waals surface area contributed by atoms with Crippen molar-refractivity contribution in [2.75, 3.05) is 17.7 Å². The molecule has 1 aromatic heterocycles. The number of methoxy groups -OCH3 is 1. The molecule has 2 atom stereocenters. The van der Waals surface area contributed by atoms with Crippen molar-refractivity contribution >= 4 is 29.4 Å². The minimum atomic E-state index is -0.505. The van der Waals surface area contributed by atoms with Crippen LogP contribution in [0.15, 0.2) is 24.3 Å². The monoisotopic (exact) mass is 468 g/mol. The molecule has 2 N–H and O–H groups in total. The molecule has 1 aliphatic rings. The Morgan fingerprint density at radius 3 is 2.53 bits per heavy atom. The third-order valence-electron chi connectivity index (χ3n) is 5.83. The van der Waals surface area contributed by atoms with Gasteiger partial charge in [-0.3, -0.25) is 4.79 Å². The van der Waals surface area contributed by atoms with Gasteiger partial charge in [-0.2, -0.15) is 4.98 Å². The van der Waals surface area contributed by atoms with Gasteiger partial charge in [0.2, 0.25) is 5.95 Å². The standard InChI is InChI=1S/C26H36N4O4/c1-16-10-9-12-19(14-16)28-23-22(24(32)33-6)17(2)27-25(30-23)29-20-13-8-7-11-18(20)15-21(31)34-26(3,4)5/h9-10,12,14,18,20H,7-8,11,13,15H2,1-6H3,(H2,27,28,29,30)/t18-,20-/m1/s1. The highest BCUT2D eigenvalue weighted by Gasteiger charge is 2.30. The highest BCUT2D eigenvalue weighted by molar-refractivity contribution is 5.96. The third kappa shape index (κ3) is 6.92. The Balaban J connectivity index is 1.85. The molecule has 0 amide bonds. The molecule has 34 heavy (non-hydrogen) atoms. The van der Waals surface area contributed by atoms with E-state index in [-0.39, 0.29) is 17.9 Å². The number of hydrogen-bond donors (Lipinski definition) is 2. The number of aryl methyl sites for hydroxylation is 2. The summed E-state index contributed by atoms with van der Waals surface area (Å²) in [6.45, 7) is 9.40. The fourth-order valence-electron chi connectivity index (χ4n) is 4.34. The largest absolute Gasteiger partial charge is 0.465 e. The lowest BCUT2D eigenvalue weighted by atomic mass is 9.82. The summed E-state index contributed by atoms with van der Waals surface area (Å²) < 4.78 is 10.5. The Bertz CT molecular complexity index is 1030. The van der Waals surface area contributed by atoms with Crippen molar-refractivity contribution in [1.29, 1.82) is 0 Å². The molecule has 0 spiro atoms. The molecule has 1 aliphatic carbocycles. The zero-order valence-electron chi connectivity index (χ0n) is 21.0. The van der Waals surface area contributed by atoms with Crippen LogP contribution in [0.4, 0.5) is 17.5 Å². The van der Waals surface area contributed by atoms with Crippen LogP contribution in [0.5, 0.6) is 0 Å². The average Bonchev–Trinajstić information content (AvgIpc) is 2.73. The van der Waals surface area contributed by atoms with Crippen LogP contribution in [-0.2, 0) is 14.3 Å². The molecular formula is C26H36N4O4. The summed E-state index contributed by atoms with van der Waals surface area (Å²) in [5.41, 5.74) is 2.20. The van der Waals surface area contributed by atoms with E-state index in [9.17, 15) is 9.59 Å². The number of rotatable bonds is 7. The molecule has 0 bridgehead atoms. The molecule has 1 saturated carbocycles. The molecule has 0 saturated heterocycles. The van der Waals surface area contributed by atoms with Gasteiger partial charge in [0.1, 0.15) is 11.2 Å². The maximum absolute atomic E-state index is 12.5. The third-order valence-corrected chi connectivity index (χ3v) is 5.83. The number of hydrogen-bond acceptors (Lipinski definition) is 8. The number of ether oxygens (including phenoxy) is 2. The fraction of sp³-hybridized carbons (Fsp3) is 0.538. The number of nitrogens with one attached hydrogen (secondary N) is 2. The van der Waals surface area contributed by atoms with Crippen molar-refractivity contribution in [1.82, 2.24) is 9.97 Å². The lowest BCUT2D eigenvalue weighted by molar-refractivity contribution is -0.156. The Labute approximate surface area is 201 Å². The Hall–Kier alpha value is -3.16. The van der Waals surface area contributed by atoms with E-state index in [2.05, 4.69) is 20.6 Å². The topological polar surface area (TPSA) is 102 Å². The second kappa shape index (κ2) is 10.8. The molecule has 8 heteroatoms. The van der Waals surface area contributed by atoms with Crippen molar-refractivity contribution in [2.24, 2.45) is 5.92 Å². The Morgan fingerprint density at radius 1 is 1.12 bits per heavy atom. The zero-order valence-corrected chi connectivity index (χ0v) is 21.0. The van der Waals surface area contributed by atoms with Gasteiger partial charge in [-0.25, -0.2) is 9.78 Å². The van der Waals surface area contributed by atoms with E-state index in [1.807, 2.05) is 52.0 Å². The maximum Gasteiger partial charge on any atom is 0.343 e. The highest BCUT2D eigenvalue weighted by atomic mass is 16.6. The van der Waals surface area contributed by atoms with Crippen LogP contribution in [0.3, 0.4) is 0 Å². The molecule has 1 aromatic carbocycles. The summed E-state index contributed by atoms with van der Waals surface area (Å²) >= 11 is 0. The Kier molecular flexibility index (Phi) is 8.12. The first-order valence-corrected chi connectivity index (χ1v) is 11.8. The SMILES string of the molecule is COC(=O)c1c(C)nc(N[C@@H]2CCCC[C@@H]2CC(=O)OC(C)(C)C)nc1Nc1cccc(C)c1. The van der Waals surface area contributed by atoms with E-state index in [0.717, 1.165) is 36.9 Å². The summed E-state index contributed by atoms with van der Waals surface area (Å²) in [6.07, 6.45) is 4.34. The van der Waals surface area contributed by atoms with Crippen molar-refractivity contribution < 1.29 is 19.1 Å². The van der Waals surface area contributed by atoms with Gasteiger partial charge in [0.25, 0.3) is 0 Å². The van der Waals surface area contributed by atoms with Gasteiger partial charge in [0.05, 0.1) is 19.2 Å². The first kappa shape index (κ1) is 25.5. The van der Waals surface area contributed by atoms with Crippen LogP contribution >= 0.6 is 0 Å².